The van der Waals surface area contributed by atoms with Crippen LogP contribution in [0.3, 0.4) is 0 Å². The fourth-order valence-electron chi connectivity index (χ4n) is 1.57. The smallest absolute Gasteiger partial charge is 0.319 e. The minimum atomic E-state index is -0.206. The van der Waals surface area contributed by atoms with E-state index in [4.69, 9.17) is 10.1 Å². The normalized spacial score (nSPS) is 20.3. The van der Waals surface area contributed by atoms with Crippen molar-refractivity contribution >= 4 is 17.7 Å². The number of rotatable bonds is 3. The Morgan fingerprint density at radius 3 is 3.35 bits per heavy atom. The second-order valence-electron chi connectivity index (χ2n) is 3.51. The highest BCUT2D eigenvalue weighted by Crippen LogP contribution is 2.17. The van der Waals surface area contributed by atoms with Gasteiger partial charge in [0.05, 0.1) is 6.61 Å². The molecule has 1 aliphatic heterocycles. The maximum Gasteiger partial charge on any atom is 0.319 e. The summed E-state index contributed by atoms with van der Waals surface area (Å²) in [4.78, 5) is 13.1. The summed E-state index contributed by atoms with van der Waals surface area (Å²) >= 11 is 1.58. The molecule has 0 aliphatic carbocycles. The van der Waals surface area contributed by atoms with Crippen molar-refractivity contribution in [1.29, 1.82) is 5.41 Å². The van der Waals surface area contributed by atoms with Gasteiger partial charge in [-0.3, -0.25) is 15.2 Å². The van der Waals surface area contributed by atoms with E-state index >= 15 is 0 Å². The molecule has 17 heavy (non-hydrogen) atoms. The molecule has 1 aromatic heterocycles. The van der Waals surface area contributed by atoms with Crippen molar-refractivity contribution in [2.24, 2.45) is 0 Å². The number of ether oxygens (including phenoxy) is 1. The Bertz CT molecular complexity index is 443. The Morgan fingerprint density at radius 1 is 1.88 bits per heavy atom. The highest BCUT2D eigenvalue weighted by atomic mass is 32.2. The van der Waals surface area contributed by atoms with E-state index < -0.39 is 0 Å². The topological polar surface area (TPSA) is 84.5 Å². The molecule has 1 atom stereocenters. The molecule has 0 aromatic carbocycles. The van der Waals surface area contributed by atoms with Gasteiger partial charge in [-0.1, -0.05) is 4.79 Å². The Labute approximate surface area is 102 Å². The summed E-state index contributed by atoms with van der Waals surface area (Å²) in [6.07, 6.45) is 1.47. The fraction of sp³-hybridized carbons (Fsp3) is 0.667. The van der Waals surface area contributed by atoms with Crippen molar-refractivity contribution in [1.82, 2.24) is 5.27 Å². The van der Waals surface area contributed by atoms with Crippen LogP contribution in [0.25, 0.3) is 0 Å². The molecule has 7 nitrogen and oxygen atoms in total. The number of nitrogens with zero attached hydrogens (tertiary/aromatic N) is 3. The third-order valence-electron chi connectivity index (χ3n) is 2.34. The standard InChI is InChI=1S/C9H14N4O3S/c1-2-15-9(14)7-5-12(3-4-17-7)13-6-8(10)16-11-13/h6-7,10H,2-5H2,1H3. The van der Waals surface area contributed by atoms with E-state index in [0.717, 1.165) is 12.3 Å². The number of hydrogen-bond acceptors (Lipinski definition) is 6. The minimum absolute atomic E-state index is 0.00379. The van der Waals surface area contributed by atoms with Gasteiger partial charge in [0.1, 0.15) is 5.25 Å². The Hall–Kier alpha value is -1.44. The molecular weight excluding hydrogens is 244 g/mol. The first-order chi connectivity index (χ1) is 8.20. The Balaban J connectivity index is 2.02. The number of aromatic nitrogens is 2. The number of nitrogens with one attached hydrogen (secondary N) is 1. The van der Waals surface area contributed by atoms with Crippen LogP contribution in [-0.4, -0.2) is 36.7 Å². The molecule has 94 valence electrons. The minimum Gasteiger partial charge on any atom is -0.465 e. The number of thioether (sulfide) groups is 1. The molecule has 1 unspecified atom stereocenters. The van der Waals surface area contributed by atoms with E-state index in [1.54, 1.807) is 18.7 Å². The molecule has 0 bridgehead atoms. The number of hydrogen-bond donors (Lipinski definition) is 1. The largest absolute Gasteiger partial charge is 0.465 e. The van der Waals surface area contributed by atoms with Gasteiger partial charge in [0.2, 0.25) is 0 Å². The summed E-state index contributed by atoms with van der Waals surface area (Å²) in [5, 5.41) is 12.6. The van der Waals surface area contributed by atoms with Crippen molar-refractivity contribution in [3.8, 4) is 0 Å². The van der Waals surface area contributed by atoms with Crippen molar-refractivity contribution in [3.63, 3.8) is 0 Å². The summed E-state index contributed by atoms with van der Waals surface area (Å²) in [6, 6.07) is 0. The van der Waals surface area contributed by atoms with Crippen LogP contribution in [0.15, 0.2) is 10.7 Å². The monoisotopic (exact) mass is 258 g/mol. The number of esters is 1. The summed E-state index contributed by atoms with van der Waals surface area (Å²) < 4.78 is 9.67. The zero-order chi connectivity index (χ0) is 12.3. The molecule has 1 aromatic rings. The van der Waals surface area contributed by atoms with Crippen LogP contribution in [0.1, 0.15) is 6.92 Å². The third-order valence-corrected chi connectivity index (χ3v) is 3.50. The molecule has 8 heteroatoms. The lowest BCUT2D eigenvalue weighted by Gasteiger charge is -2.31. The van der Waals surface area contributed by atoms with Crippen LogP contribution in [0.4, 0.5) is 0 Å². The van der Waals surface area contributed by atoms with Crippen LogP contribution in [0, 0.1) is 5.41 Å². The second-order valence-corrected chi connectivity index (χ2v) is 4.82. The first kappa shape index (κ1) is 12.0. The van der Waals surface area contributed by atoms with Gasteiger partial charge in [-0.05, 0) is 17.9 Å². The highest BCUT2D eigenvalue weighted by Gasteiger charge is 2.27. The third kappa shape index (κ3) is 2.82. The summed E-state index contributed by atoms with van der Waals surface area (Å²) in [7, 11) is 0. The molecule has 0 radical (unpaired) electrons. The first-order valence-corrected chi connectivity index (χ1v) is 6.39. The van der Waals surface area contributed by atoms with Gasteiger partial charge in [-0.15, -0.1) is 11.8 Å². The molecule has 1 fully saturated rings. The van der Waals surface area contributed by atoms with E-state index in [1.165, 1.54) is 11.0 Å². The van der Waals surface area contributed by atoms with Crippen LogP contribution in [0.5, 0.6) is 0 Å². The van der Waals surface area contributed by atoms with E-state index in [2.05, 4.69) is 9.79 Å². The highest BCUT2D eigenvalue weighted by molar-refractivity contribution is 8.00. The summed E-state index contributed by atoms with van der Waals surface area (Å²) in [6.45, 7) is 3.46. The van der Waals surface area contributed by atoms with Gasteiger partial charge in [0.15, 0.2) is 0 Å². The fourth-order valence-corrected chi connectivity index (χ4v) is 2.65. The van der Waals surface area contributed by atoms with E-state index in [1.807, 2.05) is 5.01 Å². The average molecular weight is 258 g/mol. The van der Waals surface area contributed by atoms with Crippen LogP contribution in [0.2, 0.25) is 0 Å². The van der Waals surface area contributed by atoms with Crippen molar-refractivity contribution in [2.75, 3.05) is 30.5 Å². The molecule has 2 rings (SSSR count). The van der Waals surface area contributed by atoms with E-state index in [-0.39, 0.29) is 16.8 Å². The predicted octanol–water partition coefficient (Wildman–Crippen LogP) is -1.38. The van der Waals surface area contributed by atoms with Crippen LogP contribution in [-0.2, 0) is 9.53 Å². The van der Waals surface area contributed by atoms with Gasteiger partial charge in [0.25, 0.3) is 11.8 Å². The number of carbonyl (C=O) groups is 1. The zero-order valence-corrected chi connectivity index (χ0v) is 10.3. The molecule has 1 N–H and O–H groups in total. The van der Waals surface area contributed by atoms with Crippen LogP contribution >= 0.6 is 11.8 Å². The van der Waals surface area contributed by atoms with Gasteiger partial charge in [-0.25, -0.2) is 0 Å². The number of carbonyl (C=O) groups excluding carboxylic acids is 1. The average Bonchev–Trinajstić information content (AvgIpc) is 2.76. The maximum absolute atomic E-state index is 11.6. The van der Waals surface area contributed by atoms with Gasteiger partial charge in [0, 0.05) is 13.1 Å². The molecule has 2 heterocycles. The lowest BCUT2D eigenvalue weighted by atomic mass is 10.4. The van der Waals surface area contributed by atoms with E-state index in [9.17, 15) is 4.79 Å². The van der Waals surface area contributed by atoms with Gasteiger partial charge in [-0.2, -0.15) is 0 Å². The predicted molar refractivity (Wildman–Crippen MR) is 58.9 cm³/mol. The zero-order valence-electron chi connectivity index (χ0n) is 9.46. The first-order valence-electron chi connectivity index (χ1n) is 5.34. The van der Waals surface area contributed by atoms with Crippen LogP contribution < -0.4 is 20.6 Å². The van der Waals surface area contributed by atoms with Gasteiger partial charge < -0.3 is 9.26 Å². The molecule has 0 saturated carbocycles. The molecule has 0 amide bonds. The summed E-state index contributed by atoms with van der Waals surface area (Å²) in [5.74, 6) is 0.619. The molecule has 1 saturated heterocycles. The van der Waals surface area contributed by atoms with Crippen molar-refractivity contribution in [3.05, 3.63) is 11.8 Å². The molecule has 1 aliphatic rings. The van der Waals surface area contributed by atoms with E-state index in [0.29, 0.717) is 13.2 Å². The molecule has 0 spiro atoms. The Morgan fingerprint density at radius 2 is 2.71 bits per heavy atom. The maximum atomic E-state index is 11.6. The second kappa shape index (κ2) is 5.26. The lowest BCUT2D eigenvalue weighted by Crippen LogP contribution is -2.65. The molecular formula is C9H14N4O3S. The lowest BCUT2D eigenvalue weighted by molar-refractivity contribution is -0.763. The van der Waals surface area contributed by atoms with Crippen molar-refractivity contribution in [2.45, 2.75) is 12.2 Å². The summed E-state index contributed by atoms with van der Waals surface area (Å²) in [5.41, 5.74) is -0.00379. The Kier molecular flexibility index (Phi) is 3.72. The van der Waals surface area contributed by atoms with Crippen molar-refractivity contribution < 1.29 is 18.8 Å². The quantitative estimate of drug-likeness (QED) is 0.531. The SMILES string of the molecule is CCOC(=O)C1CN([n+]2cc(=N)o[n-]2)CCS1. The van der Waals surface area contributed by atoms with Gasteiger partial charge >= 0.3 is 5.97 Å².